The zero-order chi connectivity index (χ0) is 38.5. The molecule has 3 heterocycles. The normalized spacial score (nSPS) is 17.2. The summed E-state index contributed by atoms with van der Waals surface area (Å²) >= 11 is 0. The predicted molar refractivity (Wildman–Crippen MR) is 203 cm³/mol. The summed E-state index contributed by atoms with van der Waals surface area (Å²) in [6.45, 7) is 5.18. The number of carbonyl (C=O) groups excluding carboxylic acids is 4. The molecular formula is C42H36N4O9. The number of anilines is 1. The van der Waals surface area contributed by atoms with Gasteiger partial charge in [-0.25, -0.2) is 0 Å². The number of benzene rings is 4. The Kier molecular flexibility index (Phi) is 10.6. The van der Waals surface area contributed by atoms with Crippen LogP contribution in [0.25, 0.3) is 11.6 Å². The molecule has 3 aliphatic heterocycles. The highest BCUT2D eigenvalue weighted by atomic mass is 16.6. The first-order valence-electron chi connectivity index (χ1n) is 17.6. The molecule has 4 aromatic carbocycles. The van der Waals surface area contributed by atoms with E-state index in [0.29, 0.717) is 55.4 Å². The highest BCUT2D eigenvalue weighted by Crippen LogP contribution is 2.38. The number of allylic oxidation sites excluding steroid dienone is 3. The molecule has 3 aliphatic rings. The fraction of sp³-hybridized carbons (Fsp3) is 0.190. The van der Waals surface area contributed by atoms with E-state index >= 15 is 0 Å². The number of non-ortho nitro benzene ring substituents is 1. The Labute approximate surface area is 316 Å². The van der Waals surface area contributed by atoms with Crippen LogP contribution in [0.15, 0.2) is 115 Å². The molecule has 0 aromatic heterocycles. The molecule has 55 heavy (non-hydrogen) atoms. The Balaban J connectivity index is 0.851. The van der Waals surface area contributed by atoms with Gasteiger partial charge in [-0.05, 0) is 78.6 Å². The van der Waals surface area contributed by atoms with Gasteiger partial charge in [-0.2, -0.15) is 0 Å². The van der Waals surface area contributed by atoms with E-state index in [1.165, 1.54) is 24.3 Å². The van der Waals surface area contributed by atoms with Crippen molar-refractivity contribution in [2.45, 2.75) is 25.4 Å². The first-order chi connectivity index (χ1) is 26.7. The first-order valence-corrected chi connectivity index (χ1v) is 17.6. The quantitative estimate of drug-likeness (QED) is 0.0530. The Bertz CT molecular complexity index is 2250. The van der Waals surface area contributed by atoms with Crippen molar-refractivity contribution >= 4 is 46.7 Å². The molecule has 1 saturated heterocycles. The second-order valence-electron chi connectivity index (χ2n) is 13.0. The fourth-order valence-electron chi connectivity index (χ4n) is 6.62. The van der Waals surface area contributed by atoms with Crippen molar-refractivity contribution < 1.29 is 38.3 Å². The van der Waals surface area contributed by atoms with Crippen molar-refractivity contribution in [3.05, 3.63) is 153 Å². The molecule has 0 spiro atoms. The van der Waals surface area contributed by atoms with Gasteiger partial charge < -0.3 is 24.4 Å². The van der Waals surface area contributed by atoms with Gasteiger partial charge in [-0.1, -0.05) is 49.1 Å². The number of para-hydroxylation sites is 1. The summed E-state index contributed by atoms with van der Waals surface area (Å²) in [6, 6.07) is 25.1. The molecule has 0 saturated carbocycles. The van der Waals surface area contributed by atoms with Gasteiger partial charge in [0.05, 0.1) is 41.5 Å². The SMILES string of the molecule is C=C1CCC(N2C(=O)c3ccc(OCCOCCOc4ccc(CN5C(=O)/C(=C\C=C\c6ccc([N+](=O)[O-])cc6)c6ccccc65)cc4)cc3C2=O)C(=O)N1. The average Bonchev–Trinajstić information content (AvgIpc) is 3.59. The third kappa shape index (κ3) is 7.92. The summed E-state index contributed by atoms with van der Waals surface area (Å²) in [7, 11) is 0. The maximum Gasteiger partial charge on any atom is 0.269 e. The second kappa shape index (κ2) is 16.0. The number of nitro groups is 1. The first kappa shape index (κ1) is 36.5. The number of amides is 4. The van der Waals surface area contributed by atoms with Gasteiger partial charge in [-0.15, -0.1) is 0 Å². The van der Waals surface area contributed by atoms with Crippen LogP contribution in [0.3, 0.4) is 0 Å². The molecule has 1 fully saturated rings. The van der Waals surface area contributed by atoms with Crippen molar-refractivity contribution in [3.8, 4) is 11.5 Å². The van der Waals surface area contributed by atoms with Gasteiger partial charge in [0.25, 0.3) is 23.4 Å². The van der Waals surface area contributed by atoms with Crippen LogP contribution in [0.1, 0.15) is 50.2 Å². The second-order valence-corrected chi connectivity index (χ2v) is 13.0. The van der Waals surface area contributed by atoms with Gasteiger partial charge in [-0.3, -0.25) is 34.2 Å². The zero-order valence-corrected chi connectivity index (χ0v) is 29.6. The van der Waals surface area contributed by atoms with Crippen LogP contribution >= 0.6 is 0 Å². The van der Waals surface area contributed by atoms with Crippen LogP contribution in [0.2, 0.25) is 0 Å². The number of hydrogen-bond acceptors (Lipinski definition) is 9. The molecule has 4 aromatic rings. The topological polar surface area (TPSA) is 158 Å². The lowest BCUT2D eigenvalue weighted by molar-refractivity contribution is -0.384. The smallest absolute Gasteiger partial charge is 0.269 e. The Morgan fingerprint density at radius 1 is 0.800 bits per heavy atom. The number of nitrogens with one attached hydrogen (secondary N) is 1. The van der Waals surface area contributed by atoms with Crippen LogP contribution in [-0.4, -0.2) is 65.9 Å². The third-order valence-corrected chi connectivity index (χ3v) is 9.40. The number of carbonyl (C=O) groups is 4. The van der Waals surface area contributed by atoms with E-state index in [2.05, 4.69) is 11.9 Å². The highest BCUT2D eigenvalue weighted by molar-refractivity contribution is 6.32. The average molecular weight is 741 g/mol. The molecule has 0 aliphatic carbocycles. The van der Waals surface area contributed by atoms with E-state index < -0.39 is 28.7 Å². The fourth-order valence-corrected chi connectivity index (χ4v) is 6.62. The molecule has 1 atom stereocenters. The monoisotopic (exact) mass is 740 g/mol. The molecular weight excluding hydrogens is 704 g/mol. The summed E-state index contributed by atoms with van der Waals surface area (Å²) in [5.74, 6) is -0.508. The molecule has 7 rings (SSSR count). The van der Waals surface area contributed by atoms with Crippen molar-refractivity contribution in [3.63, 3.8) is 0 Å². The number of piperidine rings is 1. The number of ether oxygens (including phenoxy) is 3. The summed E-state index contributed by atoms with van der Waals surface area (Å²) in [6.07, 6.45) is 6.15. The minimum atomic E-state index is -0.875. The van der Waals surface area contributed by atoms with Crippen LogP contribution in [0.5, 0.6) is 11.5 Å². The zero-order valence-electron chi connectivity index (χ0n) is 29.6. The molecule has 1 N–H and O–H groups in total. The number of fused-ring (bicyclic) bond motifs is 2. The van der Waals surface area contributed by atoms with Crippen molar-refractivity contribution in [2.24, 2.45) is 0 Å². The lowest BCUT2D eigenvalue weighted by atomic mass is 10.0. The van der Waals surface area contributed by atoms with Gasteiger partial charge in [0.2, 0.25) is 5.91 Å². The van der Waals surface area contributed by atoms with E-state index in [-0.39, 0.29) is 35.9 Å². The van der Waals surface area contributed by atoms with Crippen LogP contribution in [-0.2, 0) is 20.9 Å². The minimum Gasteiger partial charge on any atom is -0.491 e. The van der Waals surface area contributed by atoms with E-state index in [1.807, 2.05) is 48.5 Å². The Morgan fingerprint density at radius 3 is 2.22 bits per heavy atom. The molecule has 278 valence electrons. The molecule has 13 nitrogen and oxygen atoms in total. The number of nitrogens with zero attached hydrogens (tertiary/aromatic N) is 3. The van der Waals surface area contributed by atoms with E-state index in [9.17, 15) is 29.3 Å². The van der Waals surface area contributed by atoms with Gasteiger partial charge in [0, 0.05) is 29.0 Å². The molecule has 0 bridgehead atoms. The standard InChI is InChI=1S/C42H36N4O9/c1-27-9-20-38(39(47)43-27)45-41(49)35-19-18-32(25-36(35)42(45)50)55-24-22-53-21-23-54-31-16-12-29(13-17-31)26-44-37-8-3-2-6-33(37)34(40(44)48)7-4-5-28-10-14-30(15-11-28)46(51)52/h2-8,10-19,25,38H,1,9,20-24,26H2,(H,43,47)/b5-4+,34-7-. The molecule has 1 unspecified atom stereocenters. The van der Waals surface area contributed by atoms with E-state index in [1.54, 1.807) is 41.3 Å². The summed E-state index contributed by atoms with van der Waals surface area (Å²) < 4.78 is 17.2. The van der Waals surface area contributed by atoms with Crippen molar-refractivity contribution in [1.82, 2.24) is 10.2 Å². The van der Waals surface area contributed by atoms with Gasteiger partial charge >= 0.3 is 0 Å². The summed E-state index contributed by atoms with van der Waals surface area (Å²) in [5, 5.41) is 13.5. The van der Waals surface area contributed by atoms with E-state index in [0.717, 1.165) is 27.3 Å². The lowest BCUT2D eigenvalue weighted by Crippen LogP contribution is -2.51. The predicted octanol–water partition coefficient (Wildman–Crippen LogP) is 6.10. The molecule has 0 radical (unpaired) electrons. The minimum absolute atomic E-state index is 0.0165. The van der Waals surface area contributed by atoms with Crippen LogP contribution < -0.4 is 19.7 Å². The largest absolute Gasteiger partial charge is 0.491 e. The summed E-state index contributed by atoms with van der Waals surface area (Å²) in [5.41, 5.74) is 4.92. The van der Waals surface area contributed by atoms with E-state index in [4.69, 9.17) is 14.2 Å². The Hall–Kier alpha value is -6.86. The van der Waals surface area contributed by atoms with Crippen LogP contribution in [0, 0.1) is 10.1 Å². The molecule has 13 heteroatoms. The van der Waals surface area contributed by atoms with Gasteiger partial charge in [0.1, 0.15) is 30.8 Å². The lowest BCUT2D eigenvalue weighted by Gasteiger charge is -2.29. The summed E-state index contributed by atoms with van der Waals surface area (Å²) in [4.78, 5) is 65.2. The number of hydrogen-bond donors (Lipinski definition) is 1. The number of nitro benzene ring substituents is 1. The van der Waals surface area contributed by atoms with Crippen LogP contribution in [0.4, 0.5) is 11.4 Å². The number of imide groups is 1. The maximum atomic E-state index is 13.5. The third-order valence-electron chi connectivity index (χ3n) is 9.40. The van der Waals surface area contributed by atoms with Crippen molar-refractivity contribution in [2.75, 3.05) is 31.3 Å². The molecule has 4 amide bonds. The van der Waals surface area contributed by atoms with Crippen molar-refractivity contribution in [1.29, 1.82) is 0 Å². The van der Waals surface area contributed by atoms with Gasteiger partial charge in [0.15, 0.2) is 0 Å². The highest BCUT2D eigenvalue weighted by Gasteiger charge is 2.44. The number of rotatable bonds is 14. The maximum absolute atomic E-state index is 13.5. The Morgan fingerprint density at radius 2 is 1.49 bits per heavy atom.